The van der Waals surface area contributed by atoms with Gasteiger partial charge in [-0.15, -0.1) is 0 Å². The zero-order chi connectivity index (χ0) is 22.4. The number of benzene rings is 2. The number of anilines is 1. The van der Waals surface area contributed by atoms with Crippen molar-refractivity contribution in [2.75, 3.05) is 51.0 Å². The monoisotopic (exact) mass is 484 g/mol. The van der Waals surface area contributed by atoms with Gasteiger partial charge >= 0.3 is 0 Å². The van der Waals surface area contributed by atoms with Gasteiger partial charge in [0.15, 0.2) is 0 Å². The maximum absolute atomic E-state index is 12.5. The second-order valence-electron chi connectivity index (χ2n) is 7.55. The number of piperazine rings is 1. The van der Waals surface area contributed by atoms with Crippen LogP contribution < -0.4 is 10.0 Å². The van der Waals surface area contributed by atoms with Crippen LogP contribution in [0.1, 0.15) is 5.56 Å². The molecule has 0 atom stereocenters. The highest BCUT2D eigenvalue weighted by Gasteiger charge is 2.16. The summed E-state index contributed by atoms with van der Waals surface area (Å²) in [4.78, 5) is 16.8. The van der Waals surface area contributed by atoms with Crippen molar-refractivity contribution in [1.82, 2.24) is 15.1 Å². The third-order valence-electron chi connectivity index (χ3n) is 5.12. The summed E-state index contributed by atoms with van der Waals surface area (Å²) in [6.45, 7) is 5.60. The summed E-state index contributed by atoms with van der Waals surface area (Å²) in [7, 11) is -1.68. The number of rotatable bonds is 8. The van der Waals surface area contributed by atoms with E-state index in [4.69, 9.17) is 23.2 Å². The molecule has 7 nitrogen and oxygen atoms in total. The Balaban J connectivity index is 1.48. The van der Waals surface area contributed by atoms with Crippen LogP contribution in [0, 0.1) is 0 Å². The minimum atomic E-state index is -3.79. The topological polar surface area (TPSA) is 81.8 Å². The molecule has 3 rings (SSSR count). The molecular weight excluding hydrogens is 459 g/mol. The van der Waals surface area contributed by atoms with Crippen molar-refractivity contribution in [2.45, 2.75) is 11.3 Å². The lowest BCUT2D eigenvalue weighted by Crippen LogP contribution is -2.47. The molecule has 0 aromatic heterocycles. The first kappa shape index (κ1) is 23.8. The van der Waals surface area contributed by atoms with Crippen LogP contribution in [0.15, 0.2) is 47.4 Å². The Hall–Kier alpha value is -1.84. The van der Waals surface area contributed by atoms with E-state index in [-0.39, 0.29) is 27.3 Å². The summed E-state index contributed by atoms with van der Waals surface area (Å²) in [5.74, 6) is -0.0572. The van der Waals surface area contributed by atoms with E-state index in [2.05, 4.69) is 26.9 Å². The van der Waals surface area contributed by atoms with Crippen LogP contribution in [-0.4, -0.2) is 70.4 Å². The number of carbonyl (C=O) groups excluding carboxylic acids is 1. The lowest BCUT2D eigenvalue weighted by Gasteiger charge is -2.32. The fourth-order valence-corrected chi connectivity index (χ4v) is 4.67. The number of hydrogen-bond donors (Lipinski definition) is 2. The average Bonchev–Trinajstić information content (AvgIpc) is 2.72. The van der Waals surface area contributed by atoms with Crippen molar-refractivity contribution in [3.8, 4) is 0 Å². The molecular formula is C21H26Cl2N4O3S. The van der Waals surface area contributed by atoms with Crippen LogP contribution in [0.4, 0.5) is 5.69 Å². The number of nitrogens with one attached hydrogen (secondary N) is 2. The number of likely N-dealkylation sites (N-methyl/N-ethyl adjacent to an activating group) is 1. The van der Waals surface area contributed by atoms with Crippen molar-refractivity contribution < 1.29 is 13.2 Å². The summed E-state index contributed by atoms with van der Waals surface area (Å²) in [5, 5.41) is 3.39. The van der Waals surface area contributed by atoms with E-state index in [1.54, 1.807) is 24.3 Å². The van der Waals surface area contributed by atoms with E-state index in [1.165, 1.54) is 18.2 Å². The van der Waals surface area contributed by atoms with Crippen LogP contribution in [0.25, 0.3) is 0 Å². The second kappa shape index (κ2) is 10.7. The van der Waals surface area contributed by atoms with Crippen molar-refractivity contribution >= 4 is 44.8 Å². The summed E-state index contributed by atoms with van der Waals surface area (Å²) in [6, 6.07) is 10.8. The minimum absolute atomic E-state index is 0.0192. The van der Waals surface area contributed by atoms with Gasteiger partial charge < -0.3 is 10.2 Å². The summed E-state index contributed by atoms with van der Waals surface area (Å²) in [6.07, 6.45) is 0.239. The highest BCUT2D eigenvalue weighted by Crippen LogP contribution is 2.26. The molecule has 0 aliphatic carbocycles. The molecule has 2 N–H and O–H groups in total. The largest absolute Gasteiger partial charge is 0.355 e. The van der Waals surface area contributed by atoms with Gasteiger partial charge in [-0.3, -0.25) is 14.4 Å². The molecule has 1 aliphatic rings. The number of halogens is 2. The lowest BCUT2D eigenvalue weighted by atomic mass is 10.1. The first-order valence-electron chi connectivity index (χ1n) is 9.97. The number of amides is 1. The van der Waals surface area contributed by atoms with Crippen molar-refractivity contribution in [1.29, 1.82) is 0 Å². The smallest absolute Gasteiger partial charge is 0.261 e. The molecule has 1 heterocycles. The van der Waals surface area contributed by atoms with Crippen molar-refractivity contribution in [3.63, 3.8) is 0 Å². The molecule has 31 heavy (non-hydrogen) atoms. The second-order valence-corrected chi connectivity index (χ2v) is 10.0. The van der Waals surface area contributed by atoms with Crippen molar-refractivity contribution in [2.24, 2.45) is 0 Å². The van der Waals surface area contributed by atoms with E-state index in [0.29, 0.717) is 12.2 Å². The molecule has 2 aromatic carbocycles. The molecule has 0 bridgehead atoms. The maximum Gasteiger partial charge on any atom is 0.261 e. The fraction of sp³-hybridized carbons (Fsp3) is 0.381. The van der Waals surface area contributed by atoms with E-state index in [9.17, 15) is 13.2 Å². The minimum Gasteiger partial charge on any atom is -0.355 e. The van der Waals surface area contributed by atoms with Gasteiger partial charge in [0.25, 0.3) is 10.0 Å². The molecule has 0 saturated carbocycles. The SMILES string of the molecule is CN1CCN(CCNC(=O)Cc2ccc(NS(=O)(=O)c3ccc(Cl)c(Cl)c3)cc2)CC1. The van der Waals surface area contributed by atoms with Crippen LogP contribution in [-0.2, 0) is 21.2 Å². The Morgan fingerprint density at radius 3 is 2.32 bits per heavy atom. The third kappa shape index (κ3) is 7.08. The Morgan fingerprint density at radius 2 is 1.68 bits per heavy atom. The highest BCUT2D eigenvalue weighted by atomic mass is 35.5. The number of carbonyl (C=O) groups is 1. The van der Waals surface area contributed by atoms with Gasteiger partial charge in [0, 0.05) is 45.0 Å². The molecule has 1 amide bonds. The van der Waals surface area contributed by atoms with Gasteiger partial charge in [-0.2, -0.15) is 0 Å². The molecule has 0 spiro atoms. The molecule has 10 heteroatoms. The number of hydrogen-bond acceptors (Lipinski definition) is 5. The normalized spacial score (nSPS) is 15.6. The Morgan fingerprint density at radius 1 is 1.00 bits per heavy atom. The van der Waals surface area contributed by atoms with Gasteiger partial charge in [0.1, 0.15) is 0 Å². The van der Waals surface area contributed by atoms with Gasteiger partial charge in [-0.25, -0.2) is 8.42 Å². The van der Waals surface area contributed by atoms with Gasteiger partial charge in [-0.1, -0.05) is 35.3 Å². The fourth-order valence-electron chi connectivity index (χ4n) is 3.22. The molecule has 168 valence electrons. The average molecular weight is 485 g/mol. The first-order chi connectivity index (χ1) is 14.7. The molecule has 1 saturated heterocycles. The van der Waals surface area contributed by atoms with Crippen LogP contribution in [0.2, 0.25) is 10.0 Å². The summed E-state index contributed by atoms with van der Waals surface area (Å²) < 4.78 is 27.5. The van der Waals surface area contributed by atoms with E-state index < -0.39 is 10.0 Å². The summed E-state index contributed by atoms with van der Waals surface area (Å²) >= 11 is 11.8. The Kier molecular flexibility index (Phi) is 8.18. The van der Waals surface area contributed by atoms with E-state index >= 15 is 0 Å². The standard InChI is InChI=1S/C21H26Cl2N4O3S/c1-26-10-12-27(13-11-26)9-8-24-21(28)14-16-2-4-17(5-3-16)25-31(29,30)18-6-7-19(22)20(23)15-18/h2-7,15,25H,8-14H2,1H3,(H,24,28). The van der Waals surface area contributed by atoms with Gasteiger partial charge in [0.2, 0.25) is 5.91 Å². The lowest BCUT2D eigenvalue weighted by molar-refractivity contribution is -0.120. The summed E-state index contributed by atoms with van der Waals surface area (Å²) in [5.41, 5.74) is 1.19. The van der Waals surface area contributed by atoms with Crippen LogP contribution in [0.5, 0.6) is 0 Å². The van der Waals surface area contributed by atoms with E-state index in [0.717, 1.165) is 38.3 Å². The van der Waals surface area contributed by atoms with Crippen LogP contribution in [0.3, 0.4) is 0 Å². The first-order valence-corrected chi connectivity index (χ1v) is 12.2. The Bertz CT molecular complexity index is 1010. The van der Waals surface area contributed by atoms with Crippen molar-refractivity contribution in [3.05, 3.63) is 58.1 Å². The van der Waals surface area contributed by atoms with Crippen LogP contribution >= 0.6 is 23.2 Å². The zero-order valence-electron chi connectivity index (χ0n) is 17.3. The molecule has 0 radical (unpaired) electrons. The number of nitrogens with zero attached hydrogens (tertiary/aromatic N) is 2. The molecule has 1 fully saturated rings. The quantitative estimate of drug-likeness (QED) is 0.601. The molecule has 0 unspecified atom stereocenters. The maximum atomic E-state index is 12.5. The predicted molar refractivity (Wildman–Crippen MR) is 124 cm³/mol. The van der Waals surface area contributed by atoms with Gasteiger partial charge in [-0.05, 0) is 42.9 Å². The Labute approximate surface area is 193 Å². The molecule has 1 aliphatic heterocycles. The predicted octanol–water partition coefficient (Wildman–Crippen LogP) is 2.70. The number of sulfonamides is 1. The highest BCUT2D eigenvalue weighted by molar-refractivity contribution is 7.92. The zero-order valence-corrected chi connectivity index (χ0v) is 19.6. The molecule has 2 aromatic rings. The van der Waals surface area contributed by atoms with E-state index in [1.807, 2.05) is 0 Å². The third-order valence-corrected chi connectivity index (χ3v) is 7.24. The van der Waals surface area contributed by atoms with Gasteiger partial charge in [0.05, 0.1) is 21.4 Å².